The van der Waals surface area contributed by atoms with Gasteiger partial charge in [-0.1, -0.05) is 22.0 Å². The maximum Gasteiger partial charge on any atom is 0.164 e. The van der Waals surface area contributed by atoms with Gasteiger partial charge in [-0.05, 0) is 31.2 Å². The van der Waals surface area contributed by atoms with Crippen molar-refractivity contribution in [2.24, 2.45) is 0 Å². The third-order valence-corrected chi connectivity index (χ3v) is 3.73. The van der Waals surface area contributed by atoms with Crippen LogP contribution in [0.1, 0.15) is 18.7 Å². The number of rotatable bonds is 3. The molecule has 21 heavy (non-hydrogen) atoms. The maximum atomic E-state index is 13.8. The van der Waals surface area contributed by atoms with E-state index in [4.69, 9.17) is 0 Å². The summed E-state index contributed by atoms with van der Waals surface area (Å²) < 4.78 is 16.6. The van der Waals surface area contributed by atoms with Gasteiger partial charge in [0.05, 0.1) is 6.10 Å². The summed E-state index contributed by atoms with van der Waals surface area (Å²) >= 11 is 3.43. The molecule has 0 amide bonds. The molecule has 1 aromatic carbocycles. The number of nitrogens with zero attached hydrogens (tertiary/aromatic N) is 3. The number of aliphatic hydroxyl groups is 1. The zero-order valence-corrected chi connectivity index (χ0v) is 12.8. The average Bonchev–Trinajstić information content (AvgIpc) is 2.89. The van der Waals surface area contributed by atoms with E-state index in [0.717, 1.165) is 10.2 Å². The summed E-state index contributed by atoms with van der Waals surface area (Å²) in [5, 5.41) is 9.33. The molecule has 3 aromatic rings. The lowest BCUT2D eigenvalue weighted by atomic mass is 10.1. The highest BCUT2D eigenvalue weighted by Gasteiger charge is 2.18. The fourth-order valence-electron chi connectivity index (χ4n) is 2.16. The number of pyridine rings is 1. The van der Waals surface area contributed by atoms with Crippen LogP contribution >= 0.6 is 15.9 Å². The van der Waals surface area contributed by atoms with Crippen LogP contribution in [-0.4, -0.2) is 25.7 Å². The van der Waals surface area contributed by atoms with E-state index in [-0.39, 0.29) is 0 Å². The normalized spacial score (nSPS) is 14.3. The Morgan fingerprint density at radius 3 is 2.81 bits per heavy atom. The summed E-state index contributed by atoms with van der Waals surface area (Å²) in [6.07, 6.45) is 0.559. The molecule has 2 aromatic heterocycles. The average molecular weight is 350 g/mol. The number of aliphatic hydroxyl groups excluding tert-OH is 1. The summed E-state index contributed by atoms with van der Waals surface area (Å²) in [5.41, 5.74) is 2.49. The van der Waals surface area contributed by atoms with Crippen LogP contribution < -0.4 is 0 Å². The Labute approximate surface area is 129 Å². The van der Waals surface area contributed by atoms with E-state index in [1.807, 2.05) is 28.8 Å². The van der Waals surface area contributed by atoms with Gasteiger partial charge < -0.3 is 5.11 Å². The van der Waals surface area contributed by atoms with Crippen LogP contribution in [0.3, 0.4) is 0 Å². The third-order valence-electron chi connectivity index (χ3n) is 3.24. The molecular weight excluding hydrogens is 337 g/mol. The van der Waals surface area contributed by atoms with Crippen molar-refractivity contribution in [1.29, 1.82) is 0 Å². The Morgan fingerprint density at radius 2 is 2.10 bits per heavy atom. The van der Waals surface area contributed by atoms with Gasteiger partial charge in [0.15, 0.2) is 11.8 Å². The molecule has 0 aliphatic rings. The van der Waals surface area contributed by atoms with Gasteiger partial charge >= 0.3 is 0 Å². The fraction of sp³-hybridized carbons (Fsp3) is 0.200. The van der Waals surface area contributed by atoms with Crippen molar-refractivity contribution in [3.63, 3.8) is 0 Å². The lowest BCUT2D eigenvalue weighted by Gasteiger charge is -2.11. The molecule has 3 rings (SSSR count). The SMILES string of the molecule is CC(O)C(F)c1cnc2c(c1)ncn2-c1cccc(Br)c1. The lowest BCUT2D eigenvalue weighted by molar-refractivity contribution is 0.0932. The molecule has 6 heteroatoms. The molecule has 108 valence electrons. The molecule has 1 N–H and O–H groups in total. The van der Waals surface area contributed by atoms with Gasteiger partial charge in [-0.15, -0.1) is 0 Å². The molecule has 2 heterocycles. The predicted molar refractivity (Wildman–Crippen MR) is 82.1 cm³/mol. The molecule has 0 saturated heterocycles. The van der Waals surface area contributed by atoms with Gasteiger partial charge in [-0.2, -0.15) is 0 Å². The van der Waals surface area contributed by atoms with Gasteiger partial charge in [-0.25, -0.2) is 14.4 Å². The summed E-state index contributed by atoms with van der Waals surface area (Å²) in [7, 11) is 0. The molecule has 2 unspecified atom stereocenters. The number of imidazole rings is 1. The topological polar surface area (TPSA) is 50.9 Å². The summed E-state index contributed by atoms with van der Waals surface area (Å²) in [6, 6.07) is 9.36. The van der Waals surface area contributed by atoms with Crippen molar-refractivity contribution < 1.29 is 9.50 Å². The fourth-order valence-corrected chi connectivity index (χ4v) is 2.55. The van der Waals surface area contributed by atoms with Crippen LogP contribution in [0.5, 0.6) is 0 Å². The first kappa shape index (κ1) is 14.2. The highest BCUT2D eigenvalue weighted by Crippen LogP contribution is 2.25. The number of hydrogen-bond acceptors (Lipinski definition) is 3. The van der Waals surface area contributed by atoms with E-state index in [9.17, 15) is 9.50 Å². The van der Waals surface area contributed by atoms with Gasteiger partial charge in [0.2, 0.25) is 0 Å². The highest BCUT2D eigenvalue weighted by atomic mass is 79.9. The Balaban J connectivity index is 2.08. The minimum absolute atomic E-state index is 0.331. The molecule has 0 aliphatic heterocycles. The zero-order valence-electron chi connectivity index (χ0n) is 11.2. The maximum absolute atomic E-state index is 13.8. The number of alkyl halides is 1. The molecular formula is C15H13BrFN3O. The third kappa shape index (κ3) is 2.69. The minimum Gasteiger partial charge on any atom is -0.390 e. The second-order valence-corrected chi connectivity index (χ2v) is 5.76. The first-order valence-corrected chi connectivity index (χ1v) is 7.26. The molecule has 0 bridgehead atoms. The molecule has 2 atom stereocenters. The van der Waals surface area contributed by atoms with Crippen LogP contribution in [0.2, 0.25) is 0 Å². The van der Waals surface area contributed by atoms with Gasteiger partial charge in [0.25, 0.3) is 0 Å². The summed E-state index contributed by atoms with van der Waals surface area (Å²) in [6.45, 7) is 1.41. The van der Waals surface area contributed by atoms with E-state index in [0.29, 0.717) is 16.7 Å². The van der Waals surface area contributed by atoms with Crippen molar-refractivity contribution in [3.8, 4) is 5.69 Å². The van der Waals surface area contributed by atoms with Gasteiger partial charge in [-0.3, -0.25) is 4.57 Å². The van der Waals surface area contributed by atoms with Crippen LogP contribution in [0.25, 0.3) is 16.9 Å². The first-order chi connectivity index (χ1) is 10.1. The quantitative estimate of drug-likeness (QED) is 0.786. The van der Waals surface area contributed by atoms with E-state index < -0.39 is 12.3 Å². The lowest BCUT2D eigenvalue weighted by Crippen LogP contribution is -2.10. The van der Waals surface area contributed by atoms with Crippen molar-refractivity contribution in [1.82, 2.24) is 14.5 Å². The molecule has 0 radical (unpaired) electrons. The van der Waals surface area contributed by atoms with Crippen LogP contribution in [-0.2, 0) is 0 Å². The van der Waals surface area contributed by atoms with E-state index in [1.165, 1.54) is 13.1 Å². The van der Waals surface area contributed by atoms with E-state index in [2.05, 4.69) is 25.9 Å². The zero-order chi connectivity index (χ0) is 15.0. The van der Waals surface area contributed by atoms with Gasteiger partial charge in [0.1, 0.15) is 11.8 Å². The van der Waals surface area contributed by atoms with Gasteiger partial charge in [0, 0.05) is 21.9 Å². The van der Waals surface area contributed by atoms with Crippen molar-refractivity contribution >= 4 is 27.1 Å². The molecule has 0 aliphatic carbocycles. The van der Waals surface area contributed by atoms with Crippen molar-refractivity contribution in [2.75, 3.05) is 0 Å². The Hall–Kier alpha value is -1.79. The smallest absolute Gasteiger partial charge is 0.164 e. The highest BCUT2D eigenvalue weighted by molar-refractivity contribution is 9.10. The van der Waals surface area contributed by atoms with Crippen LogP contribution in [0.15, 0.2) is 47.3 Å². The molecule has 0 spiro atoms. The second-order valence-electron chi connectivity index (χ2n) is 4.85. The minimum atomic E-state index is -1.46. The number of hydrogen-bond donors (Lipinski definition) is 1. The predicted octanol–water partition coefficient (Wildman–Crippen LogP) is 3.57. The monoisotopic (exact) mass is 349 g/mol. The Kier molecular flexibility index (Phi) is 3.73. The van der Waals surface area contributed by atoms with Crippen LogP contribution in [0.4, 0.5) is 4.39 Å². The largest absolute Gasteiger partial charge is 0.390 e. The summed E-state index contributed by atoms with van der Waals surface area (Å²) in [4.78, 5) is 8.55. The Bertz CT molecular complexity index is 787. The number of aromatic nitrogens is 3. The summed E-state index contributed by atoms with van der Waals surface area (Å²) in [5.74, 6) is 0. The van der Waals surface area contributed by atoms with E-state index in [1.54, 1.807) is 12.4 Å². The van der Waals surface area contributed by atoms with Crippen molar-refractivity contribution in [2.45, 2.75) is 19.2 Å². The molecule has 0 fully saturated rings. The van der Waals surface area contributed by atoms with Crippen LogP contribution in [0, 0.1) is 0 Å². The first-order valence-electron chi connectivity index (χ1n) is 6.47. The molecule has 4 nitrogen and oxygen atoms in total. The number of fused-ring (bicyclic) bond motifs is 1. The van der Waals surface area contributed by atoms with E-state index >= 15 is 0 Å². The standard InChI is InChI=1S/C15H13BrFN3O/c1-9(21)14(17)10-5-13-15(18-7-10)20(8-19-13)12-4-2-3-11(16)6-12/h2-9,14,21H,1H3. The molecule has 0 saturated carbocycles. The van der Waals surface area contributed by atoms with Crippen molar-refractivity contribution in [3.05, 3.63) is 52.9 Å². The second kappa shape index (κ2) is 5.54. The Morgan fingerprint density at radius 1 is 1.29 bits per heavy atom. The number of benzene rings is 1. The number of halogens is 2.